The standard InChI is InChI=1S/C10H14O4/c1-10(2)5-6(11)4-7(12)8(10)9(13)14-3/h4,8,11H,5H2,1-3H3. The van der Waals surface area contributed by atoms with Crippen LogP contribution in [0.3, 0.4) is 0 Å². The Morgan fingerprint density at radius 3 is 2.64 bits per heavy atom. The van der Waals surface area contributed by atoms with Gasteiger partial charge in [-0.15, -0.1) is 0 Å². The molecular weight excluding hydrogens is 184 g/mol. The van der Waals surface area contributed by atoms with E-state index in [2.05, 4.69) is 4.74 Å². The summed E-state index contributed by atoms with van der Waals surface area (Å²) in [7, 11) is 1.25. The molecule has 1 aliphatic carbocycles. The molecule has 14 heavy (non-hydrogen) atoms. The average molecular weight is 198 g/mol. The van der Waals surface area contributed by atoms with Crippen molar-refractivity contribution >= 4 is 11.8 Å². The van der Waals surface area contributed by atoms with Crippen molar-refractivity contribution in [3.63, 3.8) is 0 Å². The third-order valence-electron chi connectivity index (χ3n) is 2.45. The first-order chi connectivity index (χ1) is 6.38. The van der Waals surface area contributed by atoms with Crippen molar-refractivity contribution in [3.8, 4) is 0 Å². The summed E-state index contributed by atoms with van der Waals surface area (Å²) in [6.45, 7) is 3.52. The van der Waals surface area contributed by atoms with Crippen LogP contribution in [0.15, 0.2) is 11.8 Å². The number of hydrogen-bond donors (Lipinski definition) is 1. The SMILES string of the molecule is COC(=O)C1C(=O)C=C(O)CC1(C)C. The average Bonchev–Trinajstić information content (AvgIpc) is 1.99. The van der Waals surface area contributed by atoms with Crippen LogP contribution in [0.25, 0.3) is 0 Å². The van der Waals surface area contributed by atoms with Gasteiger partial charge in [-0.05, 0) is 5.41 Å². The molecule has 4 heteroatoms. The summed E-state index contributed by atoms with van der Waals surface area (Å²) in [5.74, 6) is -1.70. The number of aliphatic hydroxyl groups is 1. The smallest absolute Gasteiger partial charge is 0.317 e. The Hall–Kier alpha value is -1.32. The molecule has 0 fully saturated rings. The third kappa shape index (κ3) is 1.78. The molecule has 4 nitrogen and oxygen atoms in total. The highest BCUT2D eigenvalue weighted by atomic mass is 16.5. The van der Waals surface area contributed by atoms with Crippen molar-refractivity contribution in [2.75, 3.05) is 7.11 Å². The molecule has 1 aliphatic rings. The number of esters is 1. The van der Waals surface area contributed by atoms with Gasteiger partial charge in [-0.1, -0.05) is 13.8 Å². The highest BCUT2D eigenvalue weighted by molar-refractivity contribution is 6.06. The van der Waals surface area contributed by atoms with Crippen LogP contribution >= 0.6 is 0 Å². The molecule has 1 N–H and O–H groups in total. The summed E-state index contributed by atoms with van der Waals surface area (Å²) in [4.78, 5) is 22.8. The molecule has 1 rings (SSSR count). The monoisotopic (exact) mass is 198 g/mol. The zero-order chi connectivity index (χ0) is 10.9. The molecule has 0 bridgehead atoms. The number of allylic oxidation sites excluding steroid dienone is 2. The number of carbonyl (C=O) groups is 2. The van der Waals surface area contributed by atoms with Crippen LogP contribution in [0.4, 0.5) is 0 Å². The molecule has 0 aromatic carbocycles. The van der Waals surface area contributed by atoms with Crippen molar-refractivity contribution in [2.24, 2.45) is 11.3 Å². The van der Waals surface area contributed by atoms with Crippen molar-refractivity contribution in [1.29, 1.82) is 0 Å². The minimum absolute atomic E-state index is 0.0279. The summed E-state index contributed by atoms with van der Waals surface area (Å²) < 4.78 is 4.56. The molecule has 1 atom stereocenters. The van der Waals surface area contributed by atoms with Crippen molar-refractivity contribution in [2.45, 2.75) is 20.3 Å². The van der Waals surface area contributed by atoms with E-state index in [1.807, 2.05) is 0 Å². The molecule has 1 unspecified atom stereocenters. The van der Waals surface area contributed by atoms with E-state index in [0.717, 1.165) is 6.08 Å². The van der Waals surface area contributed by atoms with Crippen molar-refractivity contribution < 1.29 is 19.4 Å². The lowest BCUT2D eigenvalue weighted by Gasteiger charge is -2.33. The quantitative estimate of drug-likeness (QED) is 0.508. The summed E-state index contributed by atoms with van der Waals surface area (Å²) in [5.41, 5.74) is -0.580. The molecule has 0 aromatic rings. The number of carbonyl (C=O) groups excluding carboxylic acids is 2. The van der Waals surface area contributed by atoms with Crippen LogP contribution in [0.2, 0.25) is 0 Å². The molecule has 78 valence electrons. The fourth-order valence-corrected chi connectivity index (χ4v) is 1.81. The maximum atomic E-state index is 11.5. The van der Waals surface area contributed by atoms with Gasteiger partial charge in [-0.2, -0.15) is 0 Å². The predicted octanol–water partition coefficient (Wildman–Crippen LogP) is 1.22. The number of ether oxygens (including phenoxy) is 1. The first-order valence-electron chi connectivity index (χ1n) is 4.39. The molecule has 0 saturated heterocycles. The Bertz CT molecular complexity index is 301. The van der Waals surface area contributed by atoms with Crippen LogP contribution in [0, 0.1) is 11.3 Å². The lowest BCUT2D eigenvalue weighted by atomic mass is 9.70. The van der Waals surface area contributed by atoms with Crippen LogP contribution in [0.1, 0.15) is 20.3 Å². The van der Waals surface area contributed by atoms with E-state index in [4.69, 9.17) is 0 Å². The fraction of sp³-hybridized carbons (Fsp3) is 0.600. The largest absolute Gasteiger partial charge is 0.512 e. The minimum atomic E-state index is -0.802. The van der Waals surface area contributed by atoms with E-state index in [-0.39, 0.29) is 11.5 Å². The summed E-state index contributed by atoms with van der Waals surface area (Å²) in [5, 5.41) is 9.28. The summed E-state index contributed by atoms with van der Waals surface area (Å²) in [6.07, 6.45) is 1.42. The summed E-state index contributed by atoms with van der Waals surface area (Å²) >= 11 is 0. The van der Waals surface area contributed by atoms with Gasteiger partial charge in [0.2, 0.25) is 0 Å². The minimum Gasteiger partial charge on any atom is -0.512 e. The molecule has 0 aliphatic heterocycles. The second-order valence-electron chi connectivity index (χ2n) is 4.16. The zero-order valence-electron chi connectivity index (χ0n) is 8.53. The maximum Gasteiger partial charge on any atom is 0.317 e. The van der Waals surface area contributed by atoms with E-state index in [1.165, 1.54) is 7.11 Å². The normalized spacial score (nSPS) is 25.5. The predicted molar refractivity (Wildman–Crippen MR) is 49.6 cm³/mol. The first kappa shape index (κ1) is 10.8. The highest BCUT2D eigenvalue weighted by Crippen LogP contribution is 2.38. The fourth-order valence-electron chi connectivity index (χ4n) is 1.81. The molecule has 0 aromatic heterocycles. The number of rotatable bonds is 1. The van der Waals surface area contributed by atoms with E-state index >= 15 is 0 Å². The Labute approximate surface area is 82.6 Å². The van der Waals surface area contributed by atoms with E-state index < -0.39 is 17.3 Å². The Morgan fingerprint density at radius 1 is 1.64 bits per heavy atom. The lowest BCUT2D eigenvalue weighted by molar-refractivity contribution is -0.153. The lowest BCUT2D eigenvalue weighted by Crippen LogP contribution is -2.40. The summed E-state index contributed by atoms with van der Waals surface area (Å²) in [6, 6.07) is 0. The van der Waals surface area contributed by atoms with Gasteiger partial charge < -0.3 is 9.84 Å². The van der Waals surface area contributed by atoms with Gasteiger partial charge in [0.25, 0.3) is 0 Å². The second-order valence-corrected chi connectivity index (χ2v) is 4.16. The van der Waals surface area contributed by atoms with Gasteiger partial charge in [0, 0.05) is 12.5 Å². The number of ketones is 1. The van der Waals surface area contributed by atoms with E-state index in [9.17, 15) is 14.7 Å². The Kier molecular flexibility index (Phi) is 2.64. The Morgan fingerprint density at radius 2 is 2.21 bits per heavy atom. The number of aliphatic hydroxyl groups excluding tert-OH is 1. The van der Waals surface area contributed by atoms with Crippen molar-refractivity contribution in [3.05, 3.63) is 11.8 Å². The van der Waals surface area contributed by atoms with Gasteiger partial charge in [0.1, 0.15) is 5.92 Å². The van der Waals surface area contributed by atoms with Gasteiger partial charge in [-0.25, -0.2) is 0 Å². The van der Waals surface area contributed by atoms with Crippen LogP contribution in [0.5, 0.6) is 0 Å². The first-order valence-corrected chi connectivity index (χ1v) is 4.39. The number of methoxy groups -OCH3 is 1. The molecular formula is C10H14O4. The van der Waals surface area contributed by atoms with Gasteiger partial charge >= 0.3 is 5.97 Å². The van der Waals surface area contributed by atoms with Crippen LogP contribution < -0.4 is 0 Å². The second kappa shape index (κ2) is 3.44. The molecule has 0 radical (unpaired) electrons. The van der Waals surface area contributed by atoms with E-state index in [1.54, 1.807) is 13.8 Å². The van der Waals surface area contributed by atoms with Gasteiger partial charge in [0.15, 0.2) is 5.78 Å². The molecule has 0 heterocycles. The van der Waals surface area contributed by atoms with Gasteiger partial charge in [0.05, 0.1) is 12.9 Å². The third-order valence-corrected chi connectivity index (χ3v) is 2.45. The van der Waals surface area contributed by atoms with Crippen LogP contribution in [-0.2, 0) is 14.3 Å². The van der Waals surface area contributed by atoms with Crippen molar-refractivity contribution in [1.82, 2.24) is 0 Å². The molecule has 0 spiro atoms. The van der Waals surface area contributed by atoms with Crippen LogP contribution in [-0.4, -0.2) is 24.0 Å². The Balaban J connectivity index is 3.04. The van der Waals surface area contributed by atoms with Gasteiger partial charge in [-0.3, -0.25) is 9.59 Å². The maximum absolute atomic E-state index is 11.5. The molecule has 0 saturated carbocycles. The zero-order valence-corrected chi connectivity index (χ0v) is 8.53. The molecule has 0 amide bonds. The number of hydrogen-bond acceptors (Lipinski definition) is 4. The topological polar surface area (TPSA) is 63.6 Å². The highest BCUT2D eigenvalue weighted by Gasteiger charge is 2.44. The van der Waals surface area contributed by atoms with E-state index in [0.29, 0.717) is 6.42 Å².